The molecular formula is C68H50N4. The standard InChI is InChI=1S/C68H50N4/c1-43-33-44(2)36-52(35-43)49-27-30-65-57(39-49)54-21-11-14-24-62(54)71(65)63-25-15-13-23-56(63)59-41-51(61-42-60(47-17-7-5-8-18-47)69-68(70-61)48-19-9-6-10-20-48)29-32-67(59)72-64-26-16-12-22-55(64)58-40-50(28-31-66(58)72)53-37-45(3)34-46(4)38-53/h5-42H,1-4H3. The summed E-state index contributed by atoms with van der Waals surface area (Å²) in [5.74, 6) is 0.686. The van der Waals surface area contributed by atoms with Gasteiger partial charge in [-0.05, 0) is 111 Å². The van der Waals surface area contributed by atoms with Gasteiger partial charge in [0, 0.05) is 49.4 Å². The number of aryl methyl sites for hydroxylation is 4. The van der Waals surface area contributed by atoms with E-state index in [2.05, 4.69) is 243 Å². The van der Waals surface area contributed by atoms with Crippen molar-refractivity contribution in [3.05, 3.63) is 253 Å². The molecule has 0 fully saturated rings. The zero-order valence-corrected chi connectivity index (χ0v) is 40.7. The van der Waals surface area contributed by atoms with E-state index in [9.17, 15) is 0 Å². The Kier molecular flexibility index (Phi) is 10.4. The predicted molar refractivity (Wildman–Crippen MR) is 302 cm³/mol. The van der Waals surface area contributed by atoms with Crippen LogP contribution in [0.25, 0.3) is 122 Å². The molecule has 0 aliphatic carbocycles. The Morgan fingerprint density at radius 2 is 0.694 bits per heavy atom. The first-order valence-electron chi connectivity index (χ1n) is 24.8. The molecular weight excluding hydrogens is 873 g/mol. The minimum Gasteiger partial charge on any atom is -0.309 e. The van der Waals surface area contributed by atoms with Gasteiger partial charge in [-0.2, -0.15) is 0 Å². The predicted octanol–water partition coefficient (Wildman–Crippen LogP) is 17.9. The summed E-state index contributed by atoms with van der Waals surface area (Å²) in [6.07, 6.45) is 0. The summed E-state index contributed by atoms with van der Waals surface area (Å²) >= 11 is 0. The van der Waals surface area contributed by atoms with Crippen LogP contribution < -0.4 is 0 Å². The van der Waals surface area contributed by atoms with Crippen LogP contribution in [0.1, 0.15) is 22.3 Å². The highest BCUT2D eigenvalue weighted by molar-refractivity contribution is 6.13. The van der Waals surface area contributed by atoms with Crippen LogP contribution in [-0.2, 0) is 0 Å². The third-order valence-corrected chi connectivity index (χ3v) is 14.3. The van der Waals surface area contributed by atoms with E-state index in [0.29, 0.717) is 5.82 Å². The Hall–Kier alpha value is -9.12. The lowest BCUT2D eigenvalue weighted by Crippen LogP contribution is -2.02. The molecule has 0 radical (unpaired) electrons. The minimum atomic E-state index is 0.686. The minimum absolute atomic E-state index is 0.686. The van der Waals surface area contributed by atoms with Crippen LogP contribution in [-0.4, -0.2) is 19.1 Å². The Bertz CT molecular complexity index is 4150. The number of aromatic nitrogens is 4. The fourth-order valence-electron chi connectivity index (χ4n) is 11.2. The van der Waals surface area contributed by atoms with E-state index in [0.717, 1.165) is 72.6 Å². The van der Waals surface area contributed by atoms with Gasteiger partial charge in [-0.3, -0.25) is 0 Å². The van der Waals surface area contributed by atoms with Crippen LogP contribution >= 0.6 is 0 Å². The van der Waals surface area contributed by atoms with Gasteiger partial charge in [0.25, 0.3) is 0 Å². The molecule has 0 bridgehead atoms. The summed E-state index contributed by atoms with van der Waals surface area (Å²) in [5.41, 5.74) is 23.6. The summed E-state index contributed by atoms with van der Waals surface area (Å²) < 4.78 is 4.94. The second kappa shape index (κ2) is 17.4. The van der Waals surface area contributed by atoms with Crippen LogP contribution in [0.5, 0.6) is 0 Å². The van der Waals surface area contributed by atoms with Crippen LogP contribution in [0.3, 0.4) is 0 Å². The highest BCUT2D eigenvalue weighted by Crippen LogP contribution is 2.44. The summed E-state index contributed by atoms with van der Waals surface area (Å²) in [5, 5.41) is 4.85. The molecule has 10 aromatic carbocycles. The van der Waals surface area contributed by atoms with E-state index >= 15 is 0 Å². The number of hydrogen-bond acceptors (Lipinski definition) is 2. The Balaban J connectivity index is 1.08. The maximum atomic E-state index is 5.35. The SMILES string of the molecule is Cc1cc(C)cc(-c2ccc3c(c2)c2ccccc2n3-c2ccccc2-c2cc(-c3cc(-c4ccccc4)nc(-c4ccccc4)n3)ccc2-n2c3ccccc3c3cc(-c4cc(C)cc(C)c4)ccc32)c1. The maximum absolute atomic E-state index is 5.35. The fraction of sp³-hybridized carbons (Fsp3) is 0.0588. The summed E-state index contributed by atoms with van der Waals surface area (Å²) in [4.78, 5) is 10.5. The molecule has 4 heteroatoms. The topological polar surface area (TPSA) is 35.6 Å². The van der Waals surface area contributed by atoms with E-state index in [-0.39, 0.29) is 0 Å². The lowest BCUT2D eigenvalue weighted by Gasteiger charge is -2.20. The molecule has 0 amide bonds. The van der Waals surface area contributed by atoms with Gasteiger partial charge >= 0.3 is 0 Å². The number of rotatable bonds is 8. The van der Waals surface area contributed by atoms with Gasteiger partial charge in [0.2, 0.25) is 0 Å². The van der Waals surface area contributed by atoms with Gasteiger partial charge in [-0.1, -0.05) is 192 Å². The molecule has 4 nitrogen and oxygen atoms in total. The monoisotopic (exact) mass is 922 g/mol. The van der Waals surface area contributed by atoms with Crippen molar-refractivity contribution in [2.75, 3.05) is 0 Å². The van der Waals surface area contributed by atoms with E-state index in [4.69, 9.17) is 9.97 Å². The second-order valence-electron chi connectivity index (χ2n) is 19.4. The third-order valence-electron chi connectivity index (χ3n) is 14.3. The smallest absolute Gasteiger partial charge is 0.160 e. The van der Waals surface area contributed by atoms with Crippen molar-refractivity contribution >= 4 is 43.6 Å². The molecule has 0 spiro atoms. The van der Waals surface area contributed by atoms with E-state index in [1.165, 1.54) is 66.1 Å². The molecule has 3 aromatic heterocycles. The third kappa shape index (κ3) is 7.48. The Morgan fingerprint density at radius 3 is 1.25 bits per heavy atom. The molecule has 72 heavy (non-hydrogen) atoms. The van der Waals surface area contributed by atoms with E-state index in [1.807, 2.05) is 24.3 Å². The van der Waals surface area contributed by atoms with Crippen molar-refractivity contribution in [1.29, 1.82) is 0 Å². The second-order valence-corrected chi connectivity index (χ2v) is 19.4. The van der Waals surface area contributed by atoms with Gasteiger partial charge in [-0.25, -0.2) is 9.97 Å². The molecule has 0 aliphatic rings. The first-order valence-corrected chi connectivity index (χ1v) is 24.8. The molecule has 0 unspecified atom stereocenters. The van der Waals surface area contributed by atoms with Crippen molar-refractivity contribution in [3.63, 3.8) is 0 Å². The van der Waals surface area contributed by atoms with Gasteiger partial charge in [0.15, 0.2) is 5.82 Å². The Morgan fingerprint density at radius 1 is 0.264 bits per heavy atom. The molecule has 0 aliphatic heterocycles. The van der Waals surface area contributed by atoms with Crippen molar-refractivity contribution < 1.29 is 0 Å². The van der Waals surface area contributed by atoms with Crippen molar-refractivity contribution in [2.45, 2.75) is 27.7 Å². The van der Waals surface area contributed by atoms with Gasteiger partial charge in [-0.15, -0.1) is 0 Å². The molecule has 0 saturated carbocycles. The lowest BCUT2D eigenvalue weighted by molar-refractivity contribution is 1.16. The lowest BCUT2D eigenvalue weighted by atomic mass is 9.96. The van der Waals surface area contributed by atoms with Gasteiger partial charge in [0.05, 0.1) is 44.8 Å². The Labute approximate surface area is 419 Å². The maximum Gasteiger partial charge on any atom is 0.160 e. The molecule has 13 rings (SSSR count). The number of hydrogen-bond donors (Lipinski definition) is 0. The molecule has 3 heterocycles. The van der Waals surface area contributed by atoms with Gasteiger partial charge in [0.1, 0.15) is 0 Å². The van der Waals surface area contributed by atoms with Crippen LogP contribution in [0.15, 0.2) is 231 Å². The number of nitrogens with zero attached hydrogens (tertiary/aromatic N) is 4. The van der Waals surface area contributed by atoms with E-state index in [1.54, 1.807) is 0 Å². The van der Waals surface area contributed by atoms with E-state index < -0.39 is 0 Å². The zero-order chi connectivity index (χ0) is 48.5. The fourth-order valence-corrected chi connectivity index (χ4v) is 11.2. The average molecular weight is 923 g/mol. The highest BCUT2D eigenvalue weighted by Gasteiger charge is 2.23. The molecule has 0 saturated heterocycles. The van der Waals surface area contributed by atoms with Crippen molar-refractivity contribution in [3.8, 4) is 78.7 Å². The van der Waals surface area contributed by atoms with Crippen LogP contribution in [0.2, 0.25) is 0 Å². The summed E-state index contributed by atoms with van der Waals surface area (Å²) in [7, 11) is 0. The summed E-state index contributed by atoms with van der Waals surface area (Å²) in [6, 6.07) is 84.0. The number of para-hydroxylation sites is 3. The molecule has 0 atom stereocenters. The van der Waals surface area contributed by atoms with Gasteiger partial charge < -0.3 is 9.13 Å². The first-order chi connectivity index (χ1) is 35.3. The normalized spacial score (nSPS) is 11.6. The zero-order valence-electron chi connectivity index (χ0n) is 40.7. The largest absolute Gasteiger partial charge is 0.309 e. The summed E-state index contributed by atoms with van der Waals surface area (Å²) in [6.45, 7) is 8.72. The molecule has 13 aromatic rings. The van der Waals surface area contributed by atoms with Crippen molar-refractivity contribution in [2.24, 2.45) is 0 Å². The highest BCUT2D eigenvalue weighted by atomic mass is 15.0. The number of fused-ring (bicyclic) bond motifs is 6. The average Bonchev–Trinajstić information content (AvgIpc) is 3.92. The van der Waals surface area contributed by atoms with Crippen LogP contribution in [0.4, 0.5) is 0 Å². The molecule has 0 N–H and O–H groups in total. The van der Waals surface area contributed by atoms with Crippen molar-refractivity contribution in [1.82, 2.24) is 19.1 Å². The number of benzene rings is 10. The van der Waals surface area contributed by atoms with Crippen LogP contribution in [0, 0.1) is 27.7 Å². The molecule has 342 valence electrons. The first kappa shape index (κ1) is 42.9. The quantitative estimate of drug-likeness (QED) is 0.152.